The summed E-state index contributed by atoms with van der Waals surface area (Å²) in [6.45, 7) is 1.50. The van der Waals surface area contributed by atoms with Crippen molar-refractivity contribution in [3.8, 4) is 10.6 Å². The Balaban J connectivity index is 0.000000755. The maximum absolute atomic E-state index is 14.3. The third-order valence-electron chi connectivity index (χ3n) is 4.00. The number of fused-ring (bicyclic) bond motifs is 1. The van der Waals surface area contributed by atoms with Crippen LogP contribution < -0.4 is 4.90 Å². The molecule has 0 saturated carbocycles. The van der Waals surface area contributed by atoms with Gasteiger partial charge < -0.3 is 15.0 Å². The number of hydrogen-bond donors (Lipinski definition) is 2. The molecule has 4 rings (SSSR count). The Morgan fingerprint density at radius 2 is 2.07 bits per heavy atom. The quantitative estimate of drug-likeness (QED) is 0.492. The zero-order valence-corrected chi connectivity index (χ0v) is 16.2. The fraction of sp³-hybridized carbons (Fsp3) is 0.100. The van der Waals surface area contributed by atoms with Gasteiger partial charge in [0, 0.05) is 24.4 Å². The second-order valence-electron chi connectivity index (χ2n) is 5.97. The molecule has 1 amide bonds. The number of anilines is 1. The molecule has 7 nitrogen and oxygen atoms in total. The number of aromatic amines is 1. The van der Waals surface area contributed by atoms with Crippen molar-refractivity contribution < 1.29 is 19.1 Å². The van der Waals surface area contributed by atoms with Crippen LogP contribution in [0.4, 0.5) is 10.1 Å². The molecule has 0 aliphatic carbocycles. The molecule has 2 aromatic heterocycles. The normalized spacial score (nSPS) is 10.3. The van der Waals surface area contributed by atoms with Gasteiger partial charge in [0.15, 0.2) is 0 Å². The molecular formula is C20H17FN4O3S. The number of nitrogens with one attached hydrogen (secondary N) is 1. The van der Waals surface area contributed by atoms with E-state index in [2.05, 4.69) is 15.0 Å². The fourth-order valence-electron chi connectivity index (χ4n) is 2.78. The molecule has 0 bridgehead atoms. The number of rotatable bonds is 4. The molecule has 0 aliphatic heterocycles. The number of imidazole rings is 1. The van der Waals surface area contributed by atoms with Gasteiger partial charge in [-0.1, -0.05) is 12.1 Å². The van der Waals surface area contributed by atoms with Crippen LogP contribution in [-0.4, -0.2) is 32.4 Å². The van der Waals surface area contributed by atoms with Gasteiger partial charge in [-0.2, -0.15) is 0 Å². The standard InChI is InChI=1S/C19H15FN4OS.CH2O2/c1-12(25)24(10-15-9-21-11-22-15)16-7-13(6-14(20)8-16)19-23-17-4-2-3-5-18(17)26-19;2-1-3/h2-9,11H,10H2,1H3,(H,21,22);1H,(H,2,3). The molecule has 29 heavy (non-hydrogen) atoms. The van der Waals surface area contributed by atoms with Crippen LogP contribution in [0.5, 0.6) is 0 Å². The summed E-state index contributed by atoms with van der Waals surface area (Å²) in [6.07, 6.45) is 3.19. The van der Waals surface area contributed by atoms with E-state index < -0.39 is 5.82 Å². The smallest absolute Gasteiger partial charge is 0.290 e. The van der Waals surface area contributed by atoms with Crippen LogP contribution in [-0.2, 0) is 16.1 Å². The first-order valence-electron chi connectivity index (χ1n) is 8.51. The highest BCUT2D eigenvalue weighted by atomic mass is 32.1. The molecule has 0 spiro atoms. The van der Waals surface area contributed by atoms with Gasteiger partial charge in [-0.3, -0.25) is 9.59 Å². The summed E-state index contributed by atoms with van der Waals surface area (Å²) >= 11 is 1.50. The minimum atomic E-state index is -0.410. The van der Waals surface area contributed by atoms with Crippen LogP contribution >= 0.6 is 11.3 Å². The lowest BCUT2D eigenvalue weighted by molar-refractivity contribution is -0.123. The second kappa shape index (κ2) is 9.07. The Hall–Kier alpha value is -3.59. The van der Waals surface area contributed by atoms with E-state index in [1.165, 1.54) is 35.3 Å². The van der Waals surface area contributed by atoms with Crippen LogP contribution in [0.2, 0.25) is 0 Å². The van der Waals surface area contributed by atoms with E-state index in [1.54, 1.807) is 18.6 Å². The van der Waals surface area contributed by atoms with Gasteiger partial charge in [0.25, 0.3) is 6.47 Å². The van der Waals surface area contributed by atoms with Crippen molar-refractivity contribution in [3.63, 3.8) is 0 Å². The zero-order chi connectivity index (χ0) is 20.8. The van der Waals surface area contributed by atoms with E-state index in [-0.39, 0.29) is 18.9 Å². The monoisotopic (exact) mass is 412 g/mol. The molecule has 0 unspecified atom stereocenters. The van der Waals surface area contributed by atoms with Gasteiger partial charge in [-0.05, 0) is 30.3 Å². The number of amides is 1. The predicted molar refractivity (Wildman–Crippen MR) is 109 cm³/mol. The maximum Gasteiger partial charge on any atom is 0.290 e. The van der Waals surface area contributed by atoms with Crippen molar-refractivity contribution in [1.82, 2.24) is 15.0 Å². The first-order chi connectivity index (χ1) is 14.0. The number of nitrogens with zero attached hydrogens (tertiary/aromatic N) is 3. The number of carboxylic acid groups (broad SMARTS) is 1. The molecule has 2 heterocycles. The SMILES string of the molecule is CC(=O)N(Cc1cnc[nH]1)c1cc(F)cc(-c2nc3ccccc3s2)c1.O=CO. The van der Waals surface area contributed by atoms with Gasteiger partial charge in [0.2, 0.25) is 5.91 Å². The molecule has 0 radical (unpaired) electrons. The Kier molecular flexibility index (Phi) is 6.30. The van der Waals surface area contributed by atoms with Crippen molar-refractivity contribution >= 4 is 39.6 Å². The first-order valence-corrected chi connectivity index (χ1v) is 9.33. The Bertz CT molecular complexity index is 1090. The summed E-state index contributed by atoms with van der Waals surface area (Å²) in [5.41, 5.74) is 2.78. The van der Waals surface area contributed by atoms with Crippen molar-refractivity contribution in [3.05, 3.63) is 66.5 Å². The number of hydrogen-bond acceptors (Lipinski definition) is 5. The van der Waals surface area contributed by atoms with Crippen molar-refractivity contribution in [2.24, 2.45) is 0 Å². The number of halogens is 1. The van der Waals surface area contributed by atoms with Gasteiger partial charge in [0.1, 0.15) is 10.8 Å². The molecule has 2 aromatic carbocycles. The van der Waals surface area contributed by atoms with Gasteiger partial charge in [-0.25, -0.2) is 14.4 Å². The van der Waals surface area contributed by atoms with Crippen LogP contribution in [0.25, 0.3) is 20.8 Å². The van der Waals surface area contributed by atoms with E-state index >= 15 is 0 Å². The number of thiazole rings is 1. The molecule has 0 aliphatic rings. The summed E-state index contributed by atoms with van der Waals surface area (Å²) in [5, 5.41) is 7.61. The van der Waals surface area contributed by atoms with E-state index in [4.69, 9.17) is 9.90 Å². The predicted octanol–water partition coefficient (Wildman–Crippen LogP) is 4.08. The minimum Gasteiger partial charge on any atom is -0.483 e. The summed E-state index contributed by atoms with van der Waals surface area (Å²) in [7, 11) is 0. The Labute approximate surface area is 169 Å². The van der Waals surface area contributed by atoms with E-state index in [0.717, 1.165) is 20.9 Å². The Morgan fingerprint density at radius 3 is 2.72 bits per heavy atom. The van der Waals surface area contributed by atoms with Crippen LogP contribution in [0.15, 0.2) is 55.0 Å². The van der Waals surface area contributed by atoms with Crippen LogP contribution in [0.1, 0.15) is 12.6 Å². The largest absolute Gasteiger partial charge is 0.483 e. The van der Waals surface area contributed by atoms with Crippen LogP contribution in [0, 0.1) is 5.82 Å². The number of carbonyl (C=O) groups is 2. The third-order valence-corrected chi connectivity index (χ3v) is 5.08. The number of para-hydroxylation sites is 1. The highest BCUT2D eigenvalue weighted by Gasteiger charge is 2.16. The molecule has 2 N–H and O–H groups in total. The van der Waals surface area contributed by atoms with E-state index in [1.807, 2.05) is 24.3 Å². The lowest BCUT2D eigenvalue weighted by atomic mass is 10.1. The fourth-order valence-corrected chi connectivity index (χ4v) is 3.73. The maximum atomic E-state index is 14.3. The molecule has 148 valence electrons. The number of benzene rings is 2. The average Bonchev–Trinajstić information content (AvgIpc) is 3.35. The minimum absolute atomic E-state index is 0.180. The highest BCUT2D eigenvalue weighted by Crippen LogP contribution is 2.33. The molecule has 4 aromatic rings. The zero-order valence-electron chi connectivity index (χ0n) is 15.4. The number of carbonyl (C=O) groups excluding carboxylic acids is 1. The van der Waals surface area contributed by atoms with Gasteiger partial charge in [0.05, 0.1) is 28.8 Å². The summed E-state index contributed by atoms with van der Waals surface area (Å²) < 4.78 is 15.3. The lowest BCUT2D eigenvalue weighted by Crippen LogP contribution is -2.28. The summed E-state index contributed by atoms with van der Waals surface area (Å²) in [6, 6.07) is 12.4. The Morgan fingerprint density at radius 1 is 1.31 bits per heavy atom. The van der Waals surface area contributed by atoms with Gasteiger partial charge in [-0.15, -0.1) is 11.3 Å². The van der Waals surface area contributed by atoms with E-state index in [9.17, 15) is 9.18 Å². The molecule has 0 saturated heterocycles. The second-order valence-corrected chi connectivity index (χ2v) is 7.00. The average molecular weight is 412 g/mol. The van der Waals surface area contributed by atoms with Crippen molar-refractivity contribution in [2.45, 2.75) is 13.5 Å². The summed E-state index contributed by atoms with van der Waals surface area (Å²) in [4.78, 5) is 33.5. The summed E-state index contributed by atoms with van der Waals surface area (Å²) in [5.74, 6) is -0.590. The first kappa shape index (κ1) is 20.2. The van der Waals surface area contributed by atoms with Crippen LogP contribution in [0.3, 0.4) is 0 Å². The highest BCUT2D eigenvalue weighted by molar-refractivity contribution is 7.21. The van der Waals surface area contributed by atoms with Crippen molar-refractivity contribution in [1.29, 1.82) is 0 Å². The van der Waals surface area contributed by atoms with Crippen molar-refractivity contribution in [2.75, 3.05) is 4.90 Å². The molecule has 0 fully saturated rings. The molecule has 9 heteroatoms. The van der Waals surface area contributed by atoms with E-state index in [0.29, 0.717) is 11.3 Å². The lowest BCUT2D eigenvalue weighted by Gasteiger charge is -2.21. The number of aromatic nitrogens is 3. The third kappa shape index (κ3) is 4.82. The van der Waals surface area contributed by atoms with Gasteiger partial charge >= 0.3 is 0 Å². The molecular weight excluding hydrogens is 395 g/mol. The topological polar surface area (TPSA) is 99.2 Å². The number of H-pyrrole nitrogens is 1. The molecule has 0 atom stereocenters.